The molecule has 2 nitrogen and oxygen atoms in total. The van der Waals surface area contributed by atoms with Gasteiger partial charge in [0, 0.05) is 25.7 Å². The molecule has 0 bridgehead atoms. The van der Waals surface area contributed by atoms with E-state index in [4.69, 9.17) is 28.5 Å². The largest absolute Gasteiger partial charge is 0.375 e. The molecule has 0 saturated carbocycles. The van der Waals surface area contributed by atoms with E-state index in [1.165, 1.54) is 0 Å². The summed E-state index contributed by atoms with van der Waals surface area (Å²) in [4.78, 5) is 2.06. The van der Waals surface area contributed by atoms with Crippen LogP contribution in [-0.2, 0) is 0 Å². The Morgan fingerprint density at radius 1 is 1.33 bits per heavy atom. The van der Waals surface area contributed by atoms with Gasteiger partial charge in [0.15, 0.2) is 0 Å². The lowest BCUT2D eigenvalue weighted by atomic mass is 10.2. The zero-order valence-corrected chi connectivity index (χ0v) is 10.0. The van der Waals surface area contributed by atoms with Crippen LogP contribution >= 0.6 is 23.2 Å². The summed E-state index contributed by atoms with van der Waals surface area (Å²) in [7, 11) is 1.97. The topological polar surface area (TPSA) is 27.0 Å². The average molecular weight is 243 g/mol. The van der Waals surface area contributed by atoms with Gasteiger partial charge in [0.2, 0.25) is 0 Å². The van der Waals surface area contributed by atoms with Crippen LogP contribution in [0.3, 0.4) is 0 Å². The molecule has 0 aliphatic rings. The van der Waals surface area contributed by atoms with Gasteiger partial charge in [-0.05, 0) is 24.6 Å². The first-order valence-electron chi connectivity index (χ1n) is 4.68. The lowest BCUT2D eigenvalue weighted by Crippen LogP contribution is -2.18. The zero-order valence-electron chi connectivity index (χ0n) is 8.50. The van der Waals surface area contributed by atoms with Crippen molar-refractivity contribution in [1.82, 2.24) is 0 Å². The highest BCUT2D eigenvalue weighted by Crippen LogP contribution is 2.26. The summed E-state index contributed by atoms with van der Waals surface area (Å²) in [6, 6.07) is 7.65. The maximum absolute atomic E-state index is 8.42. The summed E-state index contributed by atoms with van der Waals surface area (Å²) in [5.74, 6) is 0. The van der Waals surface area contributed by atoms with Gasteiger partial charge < -0.3 is 4.90 Å². The number of unbranched alkanes of at least 4 members (excludes halogenated alkanes) is 1. The molecule has 80 valence electrons. The Kier molecular flexibility index (Phi) is 4.74. The molecule has 0 N–H and O–H groups in total. The van der Waals surface area contributed by atoms with Crippen LogP contribution in [0.1, 0.15) is 12.8 Å². The minimum Gasteiger partial charge on any atom is -0.375 e. The Morgan fingerprint density at radius 2 is 2.07 bits per heavy atom. The van der Waals surface area contributed by atoms with Crippen LogP contribution in [0.15, 0.2) is 18.2 Å². The molecule has 0 saturated heterocycles. The summed E-state index contributed by atoms with van der Waals surface area (Å²) in [6.07, 6.45) is 1.43. The molecule has 1 rings (SSSR count). The quantitative estimate of drug-likeness (QED) is 0.753. The molecule has 0 aliphatic heterocycles. The molecule has 0 unspecified atom stereocenters. The summed E-state index contributed by atoms with van der Waals surface area (Å²) >= 11 is 11.7. The van der Waals surface area contributed by atoms with Crippen LogP contribution in [0.25, 0.3) is 0 Å². The van der Waals surface area contributed by atoms with Gasteiger partial charge in [0.05, 0.1) is 16.1 Å². The summed E-state index contributed by atoms with van der Waals surface area (Å²) in [6.45, 7) is 0.839. The summed E-state index contributed by atoms with van der Waals surface area (Å²) in [5, 5.41) is 9.54. The number of nitrogens with zero attached hydrogens (tertiary/aromatic N) is 2. The Balaban J connectivity index is 2.62. The van der Waals surface area contributed by atoms with Gasteiger partial charge in [0.1, 0.15) is 0 Å². The van der Waals surface area contributed by atoms with Crippen molar-refractivity contribution >= 4 is 28.9 Å². The van der Waals surface area contributed by atoms with E-state index in [1.54, 1.807) is 6.07 Å². The number of rotatable bonds is 4. The maximum atomic E-state index is 8.42. The minimum absolute atomic E-state index is 0.557. The molecule has 0 aromatic heterocycles. The van der Waals surface area contributed by atoms with E-state index in [0.29, 0.717) is 16.5 Å². The lowest BCUT2D eigenvalue weighted by Gasteiger charge is -2.18. The zero-order chi connectivity index (χ0) is 11.3. The number of benzene rings is 1. The van der Waals surface area contributed by atoms with Gasteiger partial charge in [-0.1, -0.05) is 23.2 Å². The van der Waals surface area contributed by atoms with Crippen molar-refractivity contribution in [2.24, 2.45) is 0 Å². The lowest BCUT2D eigenvalue weighted by molar-refractivity contribution is 0.807. The molecule has 15 heavy (non-hydrogen) atoms. The van der Waals surface area contributed by atoms with Crippen molar-refractivity contribution in [3.05, 3.63) is 28.2 Å². The third kappa shape index (κ3) is 3.62. The Bertz CT molecular complexity index is 371. The number of anilines is 1. The van der Waals surface area contributed by atoms with E-state index in [-0.39, 0.29) is 0 Å². The molecule has 1 aromatic carbocycles. The van der Waals surface area contributed by atoms with Crippen LogP contribution in [0.5, 0.6) is 0 Å². The molecule has 0 atom stereocenters. The van der Waals surface area contributed by atoms with Crippen molar-refractivity contribution in [3.8, 4) is 6.07 Å². The van der Waals surface area contributed by atoms with Gasteiger partial charge in [-0.2, -0.15) is 5.26 Å². The molecule has 0 radical (unpaired) electrons. The molecular formula is C11H12Cl2N2. The Hall–Kier alpha value is -0.910. The molecule has 0 heterocycles. The second-order valence-electron chi connectivity index (χ2n) is 3.28. The highest BCUT2D eigenvalue weighted by molar-refractivity contribution is 6.42. The van der Waals surface area contributed by atoms with Gasteiger partial charge in [-0.15, -0.1) is 0 Å². The van der Waals surface area contributed by atoms with E-state index in [2.05, 4.69) is 11.0 Å². The number of halogens is 2. The van der Waals surface area contributed by atoms with Crippen LogP contribution < -0.4 is 4.90 Å². The molecule has 4 heteroatoms. The van der Waals surface area contributed by atoms with Crippen molar-refractivity contribution in [2.45, 2.75) is 12.8 Å². The van der Waals surface area contributed by atoms with Crippen molar-refractivity contribution in [2.75, 3.05) is 18.5 Å². The first kappa shape index (κ1) is 12.2. The standard InChI is InChI=1S/C11H12Cl2N2/c1-15(7-3-2-6-14)9-4-5-10(12)11(13)8-9/h4-5,8H,2-3,7H2,1H3. The predicted octanol–water partition coefficient (Wildman–Crippen LogP) is 3.73. The maximum Gasteiger partial charge on any atom is 0.0622 e. The van der Waals surface area contributed by atoms with Crippen LogP contribution in [0, 0.1) is 11.3 Å². The second-order valence-corrected chi connectivity index (χ2v) is 4.10. The third-order valence-corrected chi connectivity index (χ3v) is 2.87. The van der Waals surface area contributed by atoms with Gasteiger partial charge in [0.25, 0.3) is 0 Å². The van der Waals surface area contributed by atoms with Crippen molar-refractivity contribution in [3.63, 3.8) is 0 Å². The van der Waals surface area contributed by atoms with Crippen LogP contribution in [0.4, 0.5) is 5.69 Å². The van der Waals surface area contributed by atoms with E-state index < -0.39 is 0 Å². The molecule has 1 aromatic rings. The monoisotopic (exact) mass is 242 g/mol. The van der Waals surface area contributed by atoms with E-state index >= 15 is 0 Å². The first-order valence-corrected chi connectivity index (χ1v) is 5.44. The average Bonchev–Trinajstić information content (AvgIpc) is 2.22. The first-order chi connectivity index (χ1) is 7.15. The number of nitriles is 1. The van der Waals surface area contributed by atoms with Crippen molar-refractivity contribution in [1.29, 1.82) is 5.26 Å². The number of hydrogen-bond acceptors (Lipinski definition) is 2. The fraction of sp³-hybridized carbons (Fsp3) is 0.364. The van der Waals surface area contributed by atoms with Crippen LogP contribution in [0.2, 0.25) is 10.0 Å². The van der Waals surface area contributed by atoms with E-state index in [9.17, 15) is 0 Å². The van der Waals surface area contributed by atoms with Gasteiger partial charge >= 0.3 is 0 Å². The van der Waals surface area contributed by atoms with Crippen molar-refractivity contribution < 1.29 is 0 Å². The molecule has 0 amide bonds. The van der Waals surface area contributed by atoms with E-state index in [1.807, 2.05) is 19.2 Å². The SMILES string of the molecule is CN(CCCC#N)c1ccc(Cl)c(Cl)c1. The molecule has 0 aliphatic carbocycles. The fourth-order valence-electron chi connectivity index (χ4n) is 1.25. The predicted molar refractivity (Wildman–Crippen MR) is 64.6 cm³/mol. The smallest absolute Gasteiger partial charge is 0.0622 e. The molecule has 0 spiro atoms. The highest BCUT2D eigenvalue weighted by atomic mass is 35.5. The summed E-state index contributed by atoms with van der Waals surface area (Å²) in [5.41, 5.74) is 1.02. The fourth-order valence-corrected chi connectivity index (χ4v) is 1.54. The van der Waals surface area contributed by atoms with Gasteiger partial charge in [-0.25, -0.2) is 0 Å². The summed E-state index contributed by atoms with van der Waals surface area (Å²) < 4.78 is 0. The minimum atomic E-state index is 0.557. The number of hydrogen-bond donors (Lipinski definition) is 0. The van der Waals surface area contributed by atoms with Gasteiger partial charge in [-0.3, -0.25) is 0 Å². The molecular weight excluding hydrogens is 231 g/mol. The third-order valence-electron chi connectivity index (χ3n) is 2.13. The molecule has 0 fully saturated rings. The Labute approximate surface area is 100 Å². The normalized spacial score (nSPS) is 9.73. The van der Waals surface area contributed by atoms with E-state index in [0.717, 1.165) is 18.7 Å². The van der Waals surface area contributed by atoms with Crippen LogP contribution in [-0.4, -0.2) is 13.6 Å². The second kappa shape index (κ2) is 5.85. The Morgan fingerprint density at radius 3 is 2.67 bits per heavy atom. The highest BCUT2D eigenvalue weighted by Gasteiger charge is 2.03.